The molecule has 1 aromatic carbocycles. The number of hydrogen-bond donors (Lipinski definition) is 0. The van der Waals surface area contributed by atoms with Crippen LogP contribution >= 0.6 is 0 Å². The van der Waals surface area contributed by atoms with Crippen LogP contribution in [-0.2, 0) is 4.79 Å². The highest BCUT2D eigenvalue weighted by atomic mass is 16.5. The van der Waals surface area contributed by atoms with Gasteiger partial charge in [0.15, 0.2) is 0 Å². The molecule has 0 saturated heterocycles. The Kier molecular flexibility index (Phi) is 2.55. The fourth-order valence-electron chi connectivity index (χ4n) is 1.26. The Bertz CT molecular complexity index is 610. The minimum Gasteiger partial charge on any atom is -0.423 e. The van der Waals surface area contributed by atoms with E-state index in [0.717, 1.165) is 11.5 Å². The zero-order chi connectivity index (χ0) is 11.5. The van der Waals surface area contributed by atoms with Crippen LogP contribution in [-0.4, -0.2) is 5.97 Å². The molecule has 2 aromatic rings. The highest BCUT2D eigenvalue weighted by Gasteiger charge is 2.03. The molecule has 0 saturated carbocycles. The molecule has 1 aromatic heterocycles. The first-order valence-electron chi connectivity index (χ1n) is 4.57. The van der Waals surface area contributed by atoms with Crippen molar-refractivity contribution in [3.8, 4) is 5.75 Å². The Labute approximate surface area is 90.8 Å². The van der Waals surface area contributed by atoms with E-state index >= 15 is 0 Å². The standard InChI is InChI=1S/C12H8O4/c1-2-11(13)15-9-5-3-8-4-6-12(14)16-10(8)7-9/h2-7H,1H2. The summed E-state index contributed by atoms with van der Waals surface area (Å²) in [5.41, 5.74) is -0.0680. The fourth-order valence-corrected chi connectivity index (χ4v) is 1.26. The Hall–Kier alpha value is -2.36. The lowest BCUT2D eigenvalue weighted by Gasteiger charge is -2.01. The van der Waals surface area contributed by atoms with E-state index in [1.807, 2.05) is 0 Å². The first kappa shape index (κ1) is 10.2. The van der Waals surface area contributed by atoms with Gasteiger partial charge in [-0.2, -0.15) is 0 Å². The predicted molar refractivity (Wildman–Crippen MR) is 58.3 cm³/mol. The van der Waals surface area contributed by atoms with Crippen LogP contribution in [0.25, 0.3) is 11.0 Å². The van der Waals surface area contributed by atoms with E-state index < -0.39 is 11.6 Å². The van der Waals surface area contributed by atoms with Crippen LogP contribution in [0.3, 0.4) is 0 Å². The monoisotopic (exact) mass is 216 g/mol. The minimum atomic E-state index is -0.558. The topological polar surface area (TPSA) is 56.5 Å². The van der Waals surface area contributed by atoms with Crippen molar-refractivity contribution in [3.05, 3.63) is 53.4 Å². The van der Waals surface area contributed by atoms with Crippen molar-refractivity contribution in [2.45, 2.75) is 0 Å². The van der Waals surface area contributed by atoms with E-state index in [1.165, 1.54) is 12.1 Å². The average molecular weight is 216 g/mol. The van der Waals surface area contributed by atoms with E-state index in [9.17, 15) is 9.59 Å². The molecule has 0 N–H and O–H groups in total. The van der Waals surface area contributed by atoms with Crippen molar-refractivity contribution in [1.82, 2.24) is 0 Å². The molecular formula is C12H8O4. The molecule has 0 fully saturated rings. The van der Waals surface area contributed by atoms with Gasteiger partial charge in [0.25, 0.3) is 0 Å². The molecule has 0 aliphatic carbocycles. The maximum atomic E-state index is 11.0. The minimum absolute atomic E-state index is 0.312. The van der Waals surface area contributed by atoms with Crippen molar-refractivity contribution >= 4 is 16.9 Å². The number of hydrogen-bond acceptors (Lipinski definition) is 4. The maximum absolute atomic E-state index is 11.0. The number of esters is 1. The SMILES string of the molecule is C=CC(=O)Oc1ccc2ccc(=O)oc2c1. The molecule has 2 rings (SSSR count). The second-order valence-electron chi connectivity index (χ2n) is 3.08. The van der Waals surface area contributed by atoms with Crippen LogP contribution in [0.2, 0.25) is 0 Å². The summed E-state index contributed by atoms with van der Waals surface area (Å²) in [7, 11) is 0. The first-order valence-corrected chi connectivity index (χ1v) is 4.57. The van der Waals surface area contributed by atoms with E-state index in [4.69, 9.17) is 9.15 Å². The van der Waals surface area contributed by atoms with Crippen LogP contribution in [0.15, 0.2) is 52.2 Å². The van der Waals surface area contributed by atoms with Gasteiger partial charge in [-0.15, -0.1) is 0 Å². The normalized spacial score (nSPS) is 10.0. The molecule has 0 aliphatic rings. The van der Waals surface area contributed by atoms with Gasteiger partial charge in [-0.1, -0.05) is 6.58 Å². The lowest BCUT2D eigenvalue weighted by atomic mass is 10.2. The molecule has 0 atom stereocenters. The molecule has 4 heteroatoms. The molecule has 0 amide bonds. The van der Waals surface area contributed by atoms with Crippen molar-refractivity contribution < 1.29 is 13.9 Å². The molecule has 0 radical (unpaired) electrons. The van der Waals surface area contributed by atoms with E-state index in [0.29, 0.717) is 11.3 Å². The van der Waals surface area contributed by atoms with Crippen LogP contribution in [0.5, 0.6) is 5.75 Å². The van der Waals surface area contributed by atoms with Crippen molar-refractivity contribution in [3.63, 3.8) is 0 Å². The summed E-state index contributed by atoms with van der Waals surface area (Å²) in [6.45, 7) is 3.29. The summed E-state index contributed by atoms with van der Waals surface area (Å²) in [6.07, 6.45) is 1.06. The third kappa shape index (κ3) is 2.00. The van der Waals surface area contributed by atoms with E-state index in [2.05, 4.69) is 6.58 Å². The number of benzene rings is 1. The van der Waals surface area contributed by atoms with Gasteiger partial charge in [0.05, 0.1) is 0 Å². The summed E-state index contributed by atoms with van der Waals surface area (Å²) < 4.78 is 9.84. The Morgan fingerprint density at radius 2 is 2.06 bits per heavy atom. The molecular weight excluding hydrogens is 208 g/mol. The van der Waals surface area contributed by atoms with Gasteiger partial charge in [0.1, 0.15) is 11.3 Å². The number of fused-ring (bicyclic) bond motifs is 1. The summed E-state index contributed by atoms with van der Waals surface area (Å²) in [4.78, 5) is 21.9. The van der Waals surface area contributed by atoms with Crippen LogP contribution in [0.4, 0.5) is 0 Å². The van der Waals surface area contributed by atoms with Crippen molar-refractivity contribution in [2.24, 2.45) is 0 Å². The van der Waals surface area contributed by atoms with Crippen molar-refractivity contribution in [2.75, 3.05) is 0 Å². The van der Waals surface area contributed by atoms with Crippen LogP contribution in [0.1, 0.15) is 0 Å². The zero-order valence-electron chi connectivity index (χ0n) is 8.30. The number of ether oxygens (including phenoxy) is 1. The smallest absolute Gasteiger partial charge is 0.336 e. The molecule has 16 heavy (non-hydrogen) atoms. The third-order valence-corrected chi connectivity index (χ3v) is 1.98. The van der Waals surface area contributed by atoms with Crippen LogP contribution < -0.4 is 10.4 Å². The highest BCUT2D eigenvalue weighted by molar-refractivity contribution is 5.85. The Morgan fingerprint density at radius 3 is 2.81 bits per heavy atom. The summed E-state index contributed by atoms with van der Waals surface area (Å²) >= 11 is 0. The molecule has 80 valence electrons. The summed E-state index contributed by atoms with van der Waals surface area (Å²) in [5, 5.41) is 0.762. The summed E-state index contributed by atoms with van der Waals surface area (Å²) in [5.74, 6) is -0.246. The van der Waals surface area contributed by atoms with Gasteiger partial charge in [0.2, 0.25) is 0 Å². The fraction of sp³-hybridized carbons (Fsp3) is 0. The lowest BCUT2D eigenvalue weighted by Crippen LogP contribution is -2.03. The number of carbonyl (C=O) groups excluding carboxylic acids is 1. The largest absolute Gasteiger partial charge is 0.423 e. The molecule has 1 heterocycles. The second-order valence-corrected chi connectivity index (χ2v) is 3.08. The average Bonchev–Trinajstić information content (AvgIpc) is 2.28. The predicted octanol–water partition coefficient (Wildman–Crippen LogP) is 1.88. The zero-order valence-corrected chi connectivity index (χ0v) is 8.30. The van der Waals surface area contributed by atoms with Gasteiger partial charge >= 0.3 is 11.6 Å². The quantitative estimate of drug-likeness (QED) is 0.333. The number of carbonyl (C=O) groups is 1. The lowest BCUT2D eigenvalue weighted by molar-refractivity contribution is -0.128. The molecule has 0 spiro atoms. The third-order valence-electron chi connectivity index (χ3n) is 1.98. The van der Waals surface area contributed by atoms with Crippen LogP contribution in [0, 0.1) is 0 Å². The van der Waals surface area contributed by atoms with E-state index in [-0.39, 0.29) is 0 Å². The van der Waals surface area contributed by atoms with Gasteiger partial charge in [0, 0.05) is 23.6 Å². The molecule has 0 aliphatic heterocycles. The Morgan fingerprint density at radius 1 is 1.31 bits per heavy atom. The first-order chi connectivity index (χ1) is 7.69. The van der Waals surface area contributed by atoms with Gasteiger partial charge in [-0.3, -0.25) is 0 Å². The summed E-state index contributed by atoms with van der Waals surface area (Å²) in [6, 6.07) is 7.77. The molecule has 0 bridgehead atoms. The Balaban J connectivity index is 2.46. The molecule has 0 unspecified atom stereocenters. The highest BCUT2D eigenvalue weighted by Crippen LogP contribution is 2.19. The van der Waals surface area contributed by atoms with Gasteiger partial charge in [-0.25, -0.2) is 9.59 Å². The maximum Gasteiger partial charge on any atom is 0.336 e. The van der Waals surface area contributed by atoms with Gasteiger partial charge < -0.3 is 9.15 Å². The molecule has 4 nitrogen and oxygen atoms in total. The van der Waals surface area contributed by atoms with E-state index in [1.54, 1.807) is 18.2 Å². The number of rotatable bonds is 2. The van der Waals surface area contributed by atoms with Crippen molar-refractivity contribution in [1.29, 1.82) is 0 Å². The second kappa shape index (κ2) is 4.02. The van der Waals surface area contributed by atoms with Gasteiger partial charge in [-0.05, 0) is 18.2 Å².